The number of benzene rings is 1. The standard InChI is InChI=1S/C12H19N5/c1-15-12(16-11(13)14)17(2)9-8-10-6-4-3-5-7-10/h3-7H,8-9H2,1-2H3,(H4,13,14,15,16). The lowest BCUT2D eigenvalue weighted by Crippen LogP contribution is -2.45. The molecule has 0 atom stereocenters. The van der Waals surface area contributed by atoms with Gasteiger partial charge in [0.2, 0.25) is 0 Å². The van der Waals surface area contributed by atoms with E-state index in [1.54, 1.807) is 7.05 Å². The molecule has 5 nitrogen and oxygen atoms in total. The summed E-state index contributed by atoms with van der Waals surface area (Å²) in [5, 5.41) is 9.88. The van der Waals surface area contributed by atoms with Crippen molar-refractivity contribution >= 4 is 11.9 Å². The van der Waals surface area contributed by atoms with Crippen LogP contribution in [0.3, 0.4) is 0 Å². The molecule has 0 aromatic heterocycles. The zero-order valence-electron chi connectivity index (χ0n) is 10.3. The first-order valence-electron chi connectivity index (χ1n) is 5.46. The van der Waals surface area contributed by atoms with Crippen molar-refractivity contribution in [2.45, 2.75) is 6.42 Å². The van der Waals surface area contributed by atoms with Crippen LogP contribution in [-0.2, 0) is 6.42 Å². The van der Waals surface area contributed by atoms with Gasteiger partial charge in [-0.1, -0.05) is 30.3 Å². The quantitative estimate of drug-likeness (QED) is 0.529. The molecule has 0 heterocycles. The van der Waals surface area contributed by atoms with Gasteiger partial charge in [-0.15, -0.1) is 0 Å². The van der Waals surface area contributed by atoms with Crippen molar-refractivity contribution in [3.05, 3.63) is 35.9 Å². The third kappa shape index (κ3) is 4.55. The molecule has 1 aromatic carbocycles. The topological polar surface area (TPSA) is 77.5 Å². The highest BCUT2D eigenvalue weighted by molar-refractivity contribution is 5.96. The van der Waals surface area contributed by atoms with E-state index in [1.165, 1.54) is 5.56 Å². The number of likely N-dealkylation sites (N-methyl/N-ethyl adjacent to an activating group) is 1. The lowest BCUT2D eigenvalue weighted by molar-refractivity contribution is 0.495. The fourth-order valence-corrected chi connectivity index (χ4v) is 1.49. The Bertz CT molecular complexity index is 385. The van der Waals surface area contributed by atoms with Gasteiger partial charge in [0.1, 0.15) is 0 Å². The van der Waals surface area contributed by atoms with Crippen LogP contribution in [0.5, 0.6) is 0 Å². The number of nitrogens with zero attached hydrogens (tertiary/aromatic N) is 2. The molecule has 0 saturated heterocycles. The number of nitrogens with two attached hydrogens (primary N) is 1. The van der Waals surface area contributed by atoms with Gasteiger partial charge in [0.25, 0.3) is 0 Å². The van der Waals surface area contributed by atoms with E-state index < -0.39 is 0 Å². The van der Waals surface area contributed by atoms with Crippen LogP contribution in [0.15, 0.2) is 35.3 Å². The number of hydrogen-bond donors (Lipinski definition) is 3. The number of nitrogens with one attached hydrogen (secondary N) is 2. The lowest BCUT2D eigenvalue weighted by Gasteiger charge is -2.21. The van der Waals surface area contributed by atoms with Gasteiger partial charge in [0.15, 0.2) is 11.9 Å². The van der Waals surface area contributed by atoms with Crippen LogP contribution in [0.1, 0.15) is 5.56 Å². The van der Waals surface area contributed by atoms with Crippen LogP contribution in [0.4, 0.5) is 0 Å². The van der Waals surface area contributed by atoms with Crippen LogP contribution in [0.2, 0.25) is 0 Å². The molecule has 1 rings (SSSR count). The Kier molecular flexibility index (Phi) is 5.00. The molecule has 92 valence electrons. The summed E-state index contributed by atoms with van der Waals surface area (Å²) < 4.78 is 0. The van der Waals surface area contributed by atoms with E-state index in [1.807, 2.05) is 30.1 Å². The van der Waals surface area contributed by atoms with Crippen molar-refractivity contribution < 1.29 is 0 Å². The summed E-state index contributed by atoms with van der Waals surface area (Å²) in [6.45, 7) is 0.816. The van der Waals surface area contributed by atoms with Crippen LogP contribution >= 0.6 is 0 Å². The van der Waals surface area contributed by atoms with Gasteiger partial charge in [0.05, 0.1) is 0 Å². The first-order valence-corrected chi connectivity index (χ1v) is 5.46. The van der Waals surface area contributed by atoms with Crippen molar-refractivity contribution in [3.8, 4) is 0 Å². The third-order valence-electron chi connectivity index (χ3n) is 2.40. The molecule has 0 spiro atoms. The maximum absolute atomic E-state index is 7.18. The highest BCUT2D eigenvalue weighted by Gasteiger charge is 2.05. The number of rotatable bonds is 3. The Labute approximate surface area is 102 Å². The van der Waals surface area contributed by atoms with Gasteiger partial charge in [-0.05, 0) is 12.0 Å². The van der Waals surface area contributed by atoms with Crippen LogP contribution in [0.25, 0.3) is 0 Å². The minimum atomic E-state index is -0.0999. The molecule has 17 heavy (non-hydrogen) atoms. The van der Waals surface area contributed by atoms with E-state index in [2.05, 4.69) is 22.4 Å². The van der Waals surface area contributed by atoms with E-state index in [0.717, 1.165) is 13.0 Å². The maximum Gasteiger partial charge on any atom is 0.200 e. The van der Waals surface area contributed by atoms with Gasteiger partial charge in [-0.25, -0.2) is 0 Å². The van der Waals surface area contributed by atoms with E-state index in [0.29, 0.717) is 5.96 Å². The van der Waals surface area contributed by atoms with Crippen LogP contribution < -0.4 is 11.1 Å². The molecule has 0 amide bonds. The Morgan fingerprint density at radius 3 is 2.59 bits per heavy atom. The molecule has 0 unspecified atom stereocenters. The molecule has 0 saturated carbocycles. The molecule has 0 bridgehead atoms. The minimum absolute atomic E-state index is 0.0999. The second kappa shape index (κ2) is 6.52. The fourth-order valence-electron chi connectivity index (χ4n) is 1.49. The summed E-state index contributed by atoms with van der Waals surface area (Å²) >= 11 is 0. The molecule has 0 radical (unpaired) electrons. The summed E-state index contributed by atoms with van der Waals surface area (Å²) in [6, 6.07) is 10.2. The van der Waals surface area contributed by atoms with E-state index in [-0.39, 0.29) is 5.96 Å². The Morgan fingerprint density at radius 1 is 1.41 bits per heavy atom. The highest BCUT2D eigenvalue weighted by atomic mass is 15.3. The summed E-state index contributed by atoms with van der Waals surface area (Å²) in [4.78, 5) is 5.99. The highest BCUT2D eigenvalue weighted by Crippen LogP contribution is 2.00. The van der Waals surface area contributed by atoms with Gasteiger partial charge in [-0.3, -0.25) is 15.7 Å². The van der Waals surface area contributed by atoms with E-state index in [9.17, 15) is 0 Å². The number of guanidine groups is 2. The Morgan fingerprint density at radius 2 is 2.06 bits per heavy atom. The molecule has 1 aromatic rings. The number of hydrogen-bond acceptors (Lipinski definition) is 2. The van der Waals surface area contributed by atoms with Crippen molar-refractivity contribution in [2.24, 2.45) is 10.7 Å². The maximum atomic E-state index is 7.18. The summed E-state index contributed by atoms with van der Waals surface area (Å²) in [5.41, 5.74) is 6.55. The van der Waals surface area contributed by atoms with Crippen molar-refractivity contribution in [3.63, 3.8) is 0 Å². The Balaban J connectivity index is 2.48. The molecule has 0 aliphatic heterocycles. The molecule has 5 heteroatoms. The van der Waals surface area contributed by atoms with E-state index in [4.69, 9.17) is 11.1 Å². The van der Waals surface area contributed by atoms with Crippen molar-refractivity contribution in [1.82, 2.24) is 10.2 Å². The van der Waals surface area contributed by atoms with E-state index >= 15 is 0 Å². The van der Waals surface area contributed by atoms with Gasteiger partial charge in [-0.2, -0.15) is 0 Å². The normalized spacial score (nSPS) is 11.1. The first-order chi connectivity index (χ1) is 8.13. The predicted octanol–water partition coefficient (Wildman–Crippen LogP) is 0.630. The molecular weight excluding hydrogens is 214 g/mol. The second-order valence-corrected chi connectivity index (χ2v) is 3.74. The zero-order chi connectivity index (χ0) is 12.7. The van der Waals surface area contributed by atoms with Gasteiger partial charge >= 0.3 is 0 Å². The predicted molar refractivity (Wildman–Crippen MR) is 71.2 cm³/mol. The number of aliphatic imine (C=N–C) groups is 1. The van der Waals surface area contributed by atoms with Crippen LogP contribution in [0, 0.1) is 5.41 Å². The molecule has 4 N–H and O–H groups in total. The monoisotopic (exact) mass is 233 g/mol. The molecular formula is C12H19N5. The summed E-state index contributed by atoms with van der Waals surface area (Å²) in [5.74, 6) is 0.505. The fraction of sp³-hybridized carbons (Fsp3) is 0.333. The lowest BCUT2D eigenvalue weighted by atomic mass is 10.1. The van der Waals surface area contributed by atoms with Crippen molar-refractivity contribution in [1.29, 1.82) is 5.41 Å². The van der Waals surface area contributed by atoms with Gasteiger partial charge < -0.3 is 10.6 Å². The zero-order valence-corrected chi connectivity index (χ0v) is 10.3. The van der Waals surface area contributed by atoms with Crippen LogP contribution in [-0.4, -0.2) is 37.5 Å². The average Bonchev–Trinajstić information content (AvgIpc) is 2.34. The van der Waals surface area contributed by atoms with Crippen molar-refractivity contribution in [2.75, 3.05) is 20.6 Å². The molecule has 0 aliphatic carbocycles. The molecule has 0 aliphatic rings. The van der Waals surface area contributed by atoms with Gasteiger partial charge in [0, 0.05) is 20.6 Å². The smallest absolute Gasteiger partial charge is 0.200 e. The second-order valence-electron chi connectivity index (χ2n) is 3.74. The largest absolute Gasteiger partial charge is 0.370 e. The third-order valence-corrected chi connectivity index (χ3v) is 2.40. The Hall–Kier alpha value is -2.04. The average molecular weight is 233 g/mol. The summed E-state index contributed by atoms with van der Waals surface area (Å²) in [7, 11) is 3.59. The molecule has 0 fully saturated rings. The SMILES string of the molecule is CN=C(NC(=N)N)N(C)CCc1ccccc1. The summed E-state index contributed by atoms with van der Waals surface area (Å²) in [6.07, 6.45) is 0.927. The minimum Gasteiger partial charge on any atom is -0.370 e. The first kappa shape index (κ1) is 13.0.